The highest BCUT2D eigenvalue weighted by Crippen LogP contribution is 2.15. The lowest BCUT2D eigenvalue weighted by Crippen LogP contribution is -2.53. The first-order chi connectivity index (χ1) is 9.63. The quantitative estimate of drug-likeness (QED) is 0.736. The van der Waals surface area contributed by atoms with Crippen molar-refractivity contribution in [2.75, 3.05) is 6.54 Å². The number of phenols is 1. The van der Waals surface area contributed by atoms with E-state index in [0.717, 1.165) is 6.42 Å². The number of benzene rings is 1. The van der Waals surface area contributed by atoms with E-state index in [4.69, 9.17) is 8.48 Å². The van der Waals surface area contributed by atoms with Crippen molar-refractivity contribution in [2.24, 2.45) is 11.7 Å². The highest BCUT2D eigenvalue weighted by Gasteiger charge is 2.28. The van der Waals surface area contributed by atoms with E-state index in [1.165, 1.54) is 12.1 Å². The van der Waals surface area contributed by atoms with E-state index >= 15 is 0 Å². The minimum atomic E-state index is -1.12. The van der Waals surface area contributed by atoms with Crippen LogP contribution in [0.4, 0.5) is 0 Å². The Morgan fingerprint density at radius 1 is 1.53 bits per heavy atom. The molecule has 0 aliphatic heterocycles. The summed E-state index contributed by atoms with van der Waals surface area (Å²) in [5.74, 6) is -0.115. The maximum absolute atomic E-state index is 12.1. The van der Waals surface area contributed by atoms with Gasteiger partial charge in [-0.2, -0.15) is 0 Å². The fourth-order valence-electron chi connectivity index (χ4n) is 1.69. The third-order valence-corrected chi connectivity index (χ3v) is 2.89. The topological polar surface area (TPSA) is 75.4 Å². The van der Waals surface area contributed by atoms with Crippen LogP contribution in [-0.4, -0.2) is 23.1 Å². The highest BCUT2D eigenvalue weighted by atomic mass is 16.3. The Balaban J connectivity index is 2.73. The molecule has 0 radical (unpaired) electrons. The Kier molecular flexibility index (Phi) is 4.32. The van der Waals surface area contributed by atoms with E-state index in [0.29, 0.717) is 18.0 Å². The molecule has 0 aliphatic rings. The Hall–Kier alpha value is -1.55. The monoisotopic (exact) mass is 268 g/mol. The number of aromatic hydroxyl groups is 1. The SMILES string of the molecule is [3H]c1cc(C[C@](C)(N)C(=O)NCCC(C)C)cc([3H])c1O. The van der Waals surface area contributed by atoms with Crippen LogP contribution in [0.25, 0.3) is 0 Å². The average Bonchev–Trinajstić information content (AvgIpc) is 2.34. The molecule has 1 aromatic carbocycles. The Morgan fingerprint density at radius 3 is 2.63 bits per heavy atom. The molecule has 1 amide bonds. The molecule has 1 rings (SSSR count). The average molecular weight is 268 g/mol. The van der Waals surface area contributed by atoms with Crippen molar-refractivity contribution in [3.05, 3.63) is 29.8 Å². The van der Waals surface area contributed by atoms with E-state index in [9.17, 15) is 9.90 Å². The molecule has 1 aromatic rings. The van der Waals surface area contributed by atoms with Crippen LogP contribution in [0.3, 0.4) is 0 Å². The highest BCUT2D eigenvalue weighted by molar-refractivity contribution is 5.85. The van der Waals surface area contributed by atoms with Crippen molar-refractivity contribution >= 4 is 5.91 Å². The van der Waals surface area contributed by atoms with Gasteiger partial charge in [0.2, 0.25) is 5.91 Å². The summed E-state index contributed by atoms with van der Waals surface area (Å²) in [5.41, 5.74) is 5.52. The summed E-state index contributed by atoms with van der Waals surface area (Å²) in [6.45, 7) is 6.36. The second kappa shape index (κ2) is 6.57. The Morgan fingerprint density at radius 2 is 2.11 bits per heavy atom. The van der Waals surface area contributed by atoms with Crippen LogP contribution in [0.5, 0.6) is 5.75 Å². The van der Waals surface area contributed by atoms with Crippen LogP contribution in [-0.2, 0) is 11.2 Å². The lowest BCUT2D eigenvalue weighted by Gasteiger charge is -2.24. The number of rotatable bonds is 6. The normalized spacial score (nSPS) is 15.6. The fraction of sp³-hybridized carbons (Fsp3) is 0.533. The van der Waals surface area contributed by atoms with E-state index in [2.05, 4.69) is 19.2 Å². The van der Waals surface area contributed by atoms with Gasteiger partial charge >= 0.3 is 0 Å². The molecule has 0 saturated carbocycles. The molecule has 19 heavy (non-hydrogen) atoms. The second-order valence-corrected chi connectivity index (χ2v) is 5.53. The molecular weight excluding hydrogens is 240 g/mol. The summed E-state index contributed by atoms with van der Waals surface area (Å²) in [6.07, 6.45) is 1.09. The van der Waals surface area contributed by atoms with Gasteiger partial charge in [-0.05, 0) is 43.3 Å². The van der Waals surface area contributed by atoms with Gasteiger partial charge in [0.05, 0.1) is 8.28 Å². The van der Waals surface area contributed by atoms with Gasteiger partial charge in [0.25, 0.3) is 0 Å². The molecule has 4 N–H and O–H groups in total. The number of hydrogen-bond donors (Lipinski definition) is 3. The molecular formula is C15H24N2O2. The predicted octanol–water partition coefficient (Wildman–Crippen LogP) is 1.81. The molecule has 1 atom stereocenters. The van der Waals surface area contributed by atoms with Gasteiger partial charge in [-0.25, -0.2) is 0 Å². The Bertz CT molecular complexity index is 493. The Labute approximate surface area is 117 Å². The standard InChI is InChI=1S/C15H24N2O2/c1-11(2)8-9-17-14(19)15(3,16)10-12-4-6-13(18)7-5-12/h4-7,11,18H,8-10,16H2,1-3H3,(H,17,19)/t15-/m0/s1/i6T,7T. The zero-order valence-corrected chi connectivity index (χ0v) is 11.8. The van der Waals surface area contributed by atoms with E-state index < -0.39 is 5.54 Å². The maximum atomic E-state index is 12.1. The number of carbonyl (C=O) groups is 1. The van der Waals surface area contributed by atoms with E-state index in [1.54, 1.807) is 6.92 Å². The van der Waals surface area contributed by atoms with Crippen molar-refractivity contribution in [1.29, 1.82) is 0 Å². The maximum Gasteiger partial charge on any atom is 0.240 e. The first-order valence-electron chi connectivity index (χ1n) is 7.49. The van der Waals surface area contributed by atoms with Crippen molar-refractivity contribution in [3.8, 4) is 5.75 Å². The fourth-order valence-corrected chi connectivity index (χ4v) is 1.69. The van der Waals surface area contributed by atoms with Crippen molar-refractivity contribution in [3.63, 3.8) is 0 Å². The summed E-state index contributed by atoms with van der Waals surface area (Å²) in [7, 11) is 0. The number of amides is 1. The zero-order valence-electron chi connectivity index (χ0n) is 13.8. The second-order valence-electron chi connectivity index (χ2n) is 5.53. The molecule has 4 nitrogen and oxygen atoms in total. The third-order valence-electron chi connectivity index (χ3n) is 2.89. The van der Waals surface area contributed by atoms with Gasteiger partial charge in [0, 0.05) is 6.54 Å². The predicted molar refractivity (Wildman–Crippen MR) is 76.9 cm³/mol. The smallest absolute Gasteiger partial charge is 0.240 e. The van der Waals surface area contributed by atoms with Gasteiger partial charge < -0.3 is 16.2 Å². The van der Waals surface area contributed by atoms with Crippen LogP contribution in [0.1, 0.15) is 35.5 Å². The van der Waals surface area contributed by atoms with Gasteiger partial charge in [0.1, 0.15) is 5.75 Å². The summed E-state index contributed by atoms with van der Waals surface area (Å²) >= 11 is 0. The summed E-state index contributed by atoms with van der Waals surface area (Å²) < 4.78 is 15.1. The number of carbonyl (C=O) groups excluding carboxylic acids is 1. The molecule has 0 aliphatic carbocycles. The van der Waals surface area contributed by atoms with Crippen LogP contribution < -0.4 is 11.1 Å². The molecule has 0 bridgehead atoms. The van der Waals surface area contributed by atoms with Crippen LogP contribution in [0, 0.1) is 5.92 Å². The van der Waals surface area contributed by atoms with E-state index in [-0.39, 0.29) is 30.2 Å². The van der Waals surface area contributed by atoms with Crippen LogP contribution >= 0.6 is 0 Å². The van der Waals surface area contributed by atoms with Gasteiger partial charge in [-0.15, -0.1) is 0 Å². The molecule has 0 heterocycles. The summed E-state index contributed by atoms with van der Waals surface area (Å²) in [6, 6.07) is 2.60. The number of nitrogens with one attached hydrogen (secondary N) is 1. The molecule has 0 unspecified atom stereocenters. The molecule has 0 saturated heterocycles. The lowest BCUT2D eigenvalue weighted by molar-refractivity contribution is -0.125. The first-order valence-corrected chi connectivity index (χ1v) is 6.49. The van der Waals surface area contributed by atoms with Crippen LogP contribution in [0.15, 0.2) is 24.2 Å². The van der Waals surface area contributed by atoms with Gasteiger partial charge in [-0.1, -0.05) is 26.0 Å². The number of phenolic OH excluding ortho intramolecular Hbond substituents is 1. The minimum Gasteiger partial charge on any atom is -0.508 e. The molecule has 106 valence electrons. The summed E-state index contributed by atoms with van der Waals surface area (Å²) in [5, 5.41) is 12.2. The largest absolute Gasteiger partial charge is 0.508 e. The van der Waals surface area contributed by atoms with Crippen LogP contribution in [0.2, 0.25) is 0 Å². The number of nitrogens with two attached hydrogens (primary N) is 1. The van der Waals surface area contributed by atoms with Gasteiger partial charge in [-0.3, -0.25) is 4.79 Å². The van der Waals surface area contributed by atoms with Crippen molar-refractivity contribution in [2.45, 2.75) is 39.2 Å². The number of hydrogen-bond acceptors (Lipinski definition) is 3. The molecule has 0 aromatic heterocycles. The van der Waals surface area contributed by atoms with Crippen molar-refractivity contribution < 1.29 is 12.6 Å². The zero-order chi connectivity index (χ0) is 16.2. The van der Waals surface area contributed by atoms with Crippen molar-refractivity contribution in [1.82, 2.24) is 5.32 Å². The lowest BCUT2D eigenvalue weighted by atomic mass is 9.93. The molecule has 4 heteroatoms. The third kappa shape index (κ3) is 5.30. The first kappa shape index (κ1) is 12.5. The minimum absolute atomic E-state index is 0.131. The summed E-state index contributed by atoms with van der Waals surface area (Å²) in [4.78, 5) is 12.1. The molecule has 0 fully saturated rings. The van der Waals surface area contributed by atoms with Gasteiger partial charge in [0.15, 0.2) is 0 Å². The molecule has 0 spiro atoms. The van der Waals surface area contributed by atoms with E-state index in [1.807, 2.05) is 0 Å².